The number of rotatable bonds is 2. The summed E-state index contributed by atoms with van der Waals surface area (Å²) < 4.78 is 1.54. The number of pyridine rings is 1. The minimum Gasteiger partial charge on any atom is -0.281 e. The highest BCUT2D eigenvalue weighted by Crippen LogP contribution is 2.17. The van der Waals surface area contributed by atoms with Crippen molar-refractivity contribution < 1.29 is 0 Å². The lowest BCUT2D eigenvalue weighted by atomic mass is 10.1. The number of hydrogen-bond donors (Lipinski definition) is 0. The Morgan fingerprint density at radius 1 is 0.842 bits per heavy atom. The molecule has 0 unspecified atom stereocenters. The van der Waals surface area contributed by atoms with Gasteiger partial charge in [0.15, 0.2) is 0 Å². The van der Waals surface area contributed by atoms with E-state index in [4.69, 9.17) is 0 Å². The highest BCUT2D eigenvalue weighted by Gasteiger charge is 2.03. The molecule has 0 saturated carbocycles. The third-order valence-electron chi connectivity index (χ3n) is 2.84. The van der Waals surface area contributed by atoms with Crippen molar-refractivity contribution in [1.82, 2.24) is 14.5 Å². The van der Waals surface area contributed by atoms with Crippen LogP contribution in [-0.2, 0) is 0 Å². The molecule has 0 fully saturated rings. The van der Waals surface area contributed by atoms with Gasteiger partial charge in [0.1, 0.15) is 6.33 Å². The summed E-state index contributed by atoms with van der Waals surface area (Å²) in [5.41, 5.74) is 2.59. The van der Waals surface area contributed by atoms with Gasteiger partial charge in [0.25, 0.3) is 5.56 Å². The second-order valence-corrected chi connectivity index (χ2v) is 4.09. The second kappa shape index (κ2) is 4.86. The van der Waals surface area contributed by atoms with E-state index in [1.807, 2.05) is 36.4 Å². The topological polar surface area (TPSA) is 47.8 Å². The maximum absolute atomic E-state index is 11.9. The van der Waals surface area contributed by atoms with E-state index >= 15 is 0 Å². The van der Waals surface area contributed by atoms with E-state index in [2.05, 4.69) is 9.97 Å². The highest BCUT2D eigenvalue weighted by molar-refractivity contribution is 5.62. The minimum atomic E-state index is -0.102. The van der Waals surface area contributed by atoms with Crippen LogP contribution in [0.15, 0.2) is 72.2 Å². The third-order valence-corrected chi connectivity index (χ3v) is 2.84. The van der Waals surface area contributed by atoms with E-state index in [1.54, 1.807) is 29.2 Å². The first kappa shape index (κ1) is 11.3. The fourth-order valence-electron chi connectivity index (χ4n) is 1.91. The lowest BCUT2D eigenvalue weighted by Gasteiger charge is -2.07. The number of hydrogen-bond acceptors (Lipinski definition) is 3. The quantitative estimate of drug-likeness (QED) is 0.700. The van der Waals surface area contributed by atoms with Gasteiger partial charge in [-0.2, -0.15) is 0 Å². The standard InChI is InChI=1S/C15H11N3O/c19-15-7-6-13(12-4-2-1-3-5-12)10-18(15)14-8-16-11-17-9-14/h1-11H. The van der Waals surface area contributed by atoms with Gasteiger partial charge >= 0.3 is 0 Å². The van der Waals surface area contributed by atoms with Crippen molar-refractivity contribution in [2.45, 2.75) is 0 Å². The summed E-state index contributed by atoms with van der Waals surface area (Å²) in [6, 6.07) is 13.3. The second-order valence-electron chi connectivity index (χ2n) is 4.09. The van der Waals surface area contributed by atoms with Crippen LogP contribution in [0.4, 0.5) is 0 Å². The van der Waals surface area contributed by atoms with Crippen molar-refractivity contribution in [1.29, 1.82) is 0 Å². The normalized spacial score (nSPS) is 10.3. The Kier molecular flexibility index (Phi) is 2.90. The Labute approximate surface area is 110 Å². The molecular weight excluding hydrogens is 238 g/mol. The molecule has 92 valence electrons. The van der Waals surface area contributed by atoms with E-state index in [1.165, 1.54) is 6.33 Å². The van der Waals surface area contributed by atoms with Crippen molar-refractivity contribution in [3.05, 3.63) is 77.7 Å². The summed E-state index contributed by atoms with van der Waals surface area (Å²) in [5, 5.41) is 0. The van der Waals surface area contributed by atoms with E-state index in [0.717, 1.165) is 11.1 Å². The molecule has 0 bridgehead atoms. The largest absolute Gasteiger partial charge is 0.281 e. The zero-order valence-electron chi connectivity index (χ0n) is 10.1. The average Bonchev–Trinajstić information content (AvgIpc) is 2.49. The molecule has 2 heterocycles. The van der Waals surface area contributed by atoms with Gasteiger partial charge in [0, 0.05) is 12.3 Å². The van der Waals surface area contributed by atoms with Gasteiger partial charge in [-0.15, -0.1) is 0 Å². The van der Waals surface area contributed by atoms with Gasteiger partial charge in [-0.1, -0.05) is 30.3 Å². The van der Waals surface area contributed by atoms with Crippen molar-refractivity contribution in [3.63, 3.8) is 0 Å². The van der Waals surface area contributed by atoms with E-state index in [0.29, 0.717) is 5.69 Å². The van der Waals surface area contributed by atoms with Crippen LogP contribution in [-0.4, -0.2) is 14.5 Å². The highest BCUT2D eigenvalue weighted by atomic mass is 16.1. The smallest absolute Gasteiger partial charge is 0.255 e. The van der Waals surface area contributed by atoms with Crippen molar-refractivity contribution in [2.75, 3.05) is 0 Å². The molecule has 3 rings (SSSR count). The average molecular weight is 249 g/mol. The molecule has 0 radical (unpaired) electrons. The predicted molar refractivity (Wildman–Crippen MR) is 73.1 cm³/mol. The summed E-state index contributed by atoms with van der Waals surface area (Å²) in [6.45, 7) is 0. The molecule has 4 heteroatoms. The molecule has 4 nitrogen and oxygen atoms in total. The molecule has 0 amide bonds. The van der Waals surface area contributed by atoms with Gasteiger partial charge in [0.2, 0.25) is 0 Å². The fraction of sp³-hybridized carbons (Fsp3) is 0. The summed E-state index contributed by atoms with van der Waals surface area (Å²) in [6.07, 6.45) is 6.47. The van der Waals surface area contributed by atoms with Gasteiger partial charge < -0.3 is 0 Å². The first-order chi connectivity index (χ1) is 9.34. The Morgan fingerprint density at radius 3 is 2.32 bits per heavy atom. The van der Waals surface area contributed by atoms with Gasteiger partial charge in [0.05, 0.1) is 18.1 Å². The SMILES string of the molecule is O=c1ccc(-c2ccccc2)cn1-c1cncnc1. The minimum absolute atomic E-state index is 0.102. The first-order valence-electron chi connectivity index (χ1n) is 5.88. The van der Waals surface area contributed by atoms with Crippen molar-refractivity contribution >= 4 is 0 Å². The third kappa shape index (κ3) is 2.28. The summed E-state index contributed by atoms with van der Waals surface area (Å²) in [4.78, 5) is 19.8. The molecule has 19 heavy (non-hydrogen) atoms. The van der Waals surface area contributed by atoms with Crippen LogP contribution in [0.3, 0.4) is 0 Å². The monoisotopic (exact) mass is 249 g/mol. The number of benzene rings is 1. The molecule has 0 saturated heterocycles. The Hall–Kier alpha value is -2.75. The number of aromatic nitrogens is 3. The maximum Gasteiger partial charge on any atom is 0.255 e. The molecule has 1 aromatic carbocycles. The van der Waals surface area contributed by atoms with Crippen LogP contribution in [0.2, 0.25) is 0 Å². The van der Waals surface area contributed by atoms with Crippen LogP contribution >= 0.6 is 0 Å². The van der Waals surface area contributed by atoms with Crippen LogP contribution in [0.5, 0.6) is 0 Å². The van der Waals surface area contributed by atoms with Gasteiger partial charge in [-0.25, -0.2) is 9.97 Å². The number of nitrogens with zero attached hydrogens (tertiary/aromatic N) is 3. The fourth-order valence-corrected chi connectivity index (χ4v) is 1.91. The zero-order valence-corrected chi connectivity index (χ0v) is 10.1. The Bertz CT molecular complexity index is 736. The molecule has 3 aromatic rings. The zero-order chi connectivity index (χ0) is 13.1. The van der Waals surface area contributed by atoms with Crippen LogP contribution in [0, 0.1) is 0 Å². The van der Waals surface area contributed by atoms with Crippen molar-refractivity contribution in [3.8, 4) is 16.8 Å². The molecule has 0 N–H and O–H groups in total. The lowest BCUT2D eigenvalue weighted by molar-refractivity contribution is 0.959. The molecule has 0 spiro atoms. The molecule has 2 aromatic heterocycles. The van der Waals surface area contributed by atoms with Gasteiger partial charge in [-0.3, -0.25) is 9.36 Å². The van der Waals surface area contributed by atoms with E-state index < -0.39 is 0 Å². The molecule has 0 aliphatic heterocycles. The lowest BCUT2D eigenvalue weighted by Crippen LogP contribution is -2.16. The van der Waals surface area contributed by atoms with Crippen LogP contribution in [0.25, 0.3) is 16.8 Å². The predicted octanol–water partition coefficient (Wildman–Crippen LogP) is 2.29. The van der Waals surface area contributed by atoms with Gasteiger partial charge in [-0.05, 0) is 17.2 Å². The van der Waals surface area contributed by atoms with Crippen LogP contribution < -0.4 is 5.56 Å². The van der Waals surface area contributed by atoms with E-state index in [-0.39, 0.29) is 5.56 Å². The molecular formula is C15H11N3O. The molecule has 0 aliphatic rings. The van der Waals surface area contributed by atoms with Crippen LogP contribution in [0.1, 0.15) is 0 Å². The van der Waals surface area contributed by atoms with E-state index in [9.17, 15) is 4.79 Å². The molecule has 0 atom stereocenters. The summed E-state index contributed by atoms with van der Waals surface area (Å²) in [7, 11) is 0. The summed E-state index contributed by atoms with van der Waals surface area (Å²) in [5.74, 6) is 0. The molecule has 0 aliphatic carbocycles. The maximum atomic E-state index is 11.9. The Balaban J connectivity index is 2.15. The Morgan fingerprint density at radius 2 is 1.58 bits per heavy atom. The summed E-state index contributed by atoms with van der Waals surface area (Å²) >= 11 is 0. The van der Waals surface area contributed by atoms with Crippen molar-refractivity contribution in [2.24, 2.45) is 0 Å². The first-order valence-corrected chi connectivity index (χ1v) is 5.88.